The molecule has 0 aliphatic carbocycles. The lowest BCUT2D eigenvalue weighted by atomic mass is 10.0. The van der Waals surface area contributed by atoms with Crippen LogP contribution in [0.1, 0.15) is 39.7 Å². The molecule has 1 aromatic carbocycles. The Bertz CT molecular complexity index is 592. The number of nitrogen functional groups attached to an aromatic ring is 1. The predicted octanol–water partition coefficient (Wildman–Crippen LogP) is 4.52. The summed E-state index contributed by atoms with van der Waals surface area (Å²) in [5.41, 5.74) is 7.46. The maximum atomic E-state index is 13.7. The number of nitrogens with two attached hydrogens (primary N) is 1. The van der Waals surface area contributed by atoms with Crippen molar-refractivity contribution in [1.29, 1.82) is 0 Å². The van der Waals surface area contributed by atoms with E-state index in [9.17, 15) is 4.39 Å². The highest BCUT2D eigenvalue weighted by atomic mass is 79.9. The number of hydrogen-bond acceptors (Lipinski definition) is 2. The largest absolute Gasteiger partial charge is 0.369 e. The molecule has 1 atom stereocenters. The topological polar surface area (TPSA) is 43.8 Å². The van der Waals surface area contributed by atoms with Crippen molar-refractivity contribution in [2.75, 3.05) is 5.73 Å². The summed E-state index contributed by atoms with van der Waals surface area (Å²) < 4.78 is 16.0. The van der Waals surface area contributed by atoms with E-state index in [1.54, 1.807) is 6.07 Å². The first kappa shape index (κ1) is 14.3. The number of fused-ring (bicyclic) bond motifs is 1. The summed E-state index contributed by atoms with van der Waals surface area (Å²) in [6.45, 7) is 6.48. The second kappa shape index (κ2) is 5.49. The number of halogens is 2. The van der Waals surface area contributed by atoms with E-state index in [0.29, 0.717) is 16.3 Å². The van der Waals surface area contributed by atoms with E-state index in [-0.39, 0.29) is 11.9 Å². The highest BCUT2D eigenvalue weighted by Crippen LogP contribution is 2.29. The first-order valence-corrected chi connectivity index (χ1v) is 7.32. The van der Waals surface area contributed by atoms with Gasteiger partial charge in [0.1, 0.15) is 5.82 Å². The van der Waals surface area contributed by atoms with Crippen LogP contribution in [0.2, 0.25) is 0 Å². The minimum Gasteiger partial charge on any atom is -0.369 e. The Kier molecular flexibility index (Phi) is 4.13. The maximum Gasteiger partial charge on any atom is 0.201 e. The van der Waals surface area contributed by atoms with Crippen molar-refractivity contribution in [3.63, 3.8) is 0 Å². The zero-order valence-electron chi connectivity index (χ0n) is 11.5. The molecule has 2 aromatic rings. The minimum atomic E-state index is -0.287. The van der Waals surface area contributed by atoms with Gasteiger partial charge in [0.25, 0.3) is 0 Å². The van der Waals surface area contributed by atoms with Gasteiger partial charge in [0, 0.05) is 12.1 Å². The standard InChI is InChI=1S/C14H19BrFN3/c1-8(2)4-5-9(3)19-13-7-11(16)10(15)6-12(13)18-14(19)17/h6-9H,4-5H2,1-3H3,(H2,17,18). The van der Waals surface area contributed by atoms with E-state index < -0.39 is 0 Å². The Morgan fingerprint density at radius 2 is 2.00 bits per heavy atom. The van der Waals surface area contributed by atoms with Gasteiger partial charge in [0.2, 0.25) is 5.95 Å². The van der Waals surface area contributed by atoms with Crippen molar-refractivity contribution in [2.45, 2.75) is 39.7 Å². The number of imidazole rings is 1. The lowest BCUT2D eigenvalue weighted by Gasteiger charge is -2.17. The molecule has 2 rings (SSSR count). The van der Waals surface area contributed by atoms with Gasteiger partial charge in [-0.15, -0.1) is 0 Å². The van der Waals surface area contributed by atoms with Crippen molar-refractivity contribution < 1.29 is 4.39 Å². The van der Waals surface area contributed by atoms with Gasteiger partial charge in [-0.1, -0.05) is 13.8 Å². The zero-order valence-corrected chi connectivity index (χ0v) is 13.0. The SMILES string of the molecule is CC(C)CCC(C)n1c(N)nc2cc(Br)c(F)cc21. The average molecular weight is 328 g/mol. The normalized spacial score (nSPS) is 13.4. The molecule has 1 heterocycles. The highest BCUT2D eigenvalue weighted by Gasteiger charge is 2.16. The third-order valence-corrected chi connectivity index (χ3v) is 3.97. The smallest absolute Gasteiger partial charge is 0.201 e. The fourth-order valence-electron chi connectivity index (χ4n) is 2.28. The van der Waals surface area contributed by atoms with Gasteiger partial charge < -0.3 is 10.3 Å². The first-order chi connectivity index (χ1) is 8.90. The Balaban J connectivity index is 2.42. The number of anilines is 1. The van der Waals surface area contributed by atoms with Crippen molar-refractivity contribution >= 4 is 32.9 Å². The van der Waals surface area contributed by atoms with Crippen LogP contribution in [-0.4, -0.2) is 9.55 Å². The summed E-state index contributed by atoms with van der Waals surface area (Å²) in [6.07, 6.45) is 2.12. The highest BCUT2D eigenvalue weighted by molar-refractivity contribution is 9.10. The monoisotopic (exact) mass is 327 g/mol. The molecule has 0 amide bonds. The molecule has 104 valence electrons. The Morgan fingerprint density at radius 1 is 1.32 bits per heavy atom. The van der Waals surface area contributed by atoms with Gasteiger partial charge in [-0.3, -0.25) is 0 Å². The van der Waals surface area contributed by atoms with Crippen molar-refractivity contribution in [3.05, 3.63) is 22.4 Å². The van der Waals surface area contributed by atoms with Crippen LogP contribution >= 0.6 is 15.9 Å². The average Bonchev–Trinajstić information content (AvgIpc) is 2.62. The van der Waals surface area contributed by atoms with E-state index in [0.717, 1.165) is 23.9 Å². The Morgan fingerprint density at radius 3 is 2.63 bits per heavy atom. The van der Waals surface area contributed by atoms with Crippen LogP contribution in [0.4, 0.5) is 10.3 Å². The van der Waals surface area contributed by atoms with Crippen LogP contribution in [0, 0.1) is 11.7 Å². The van der Waals surface area contributed by atoms with Gasteiger partial charge in [0.15, 0.2) is 0 Å². The number of rotatable bonds is 4. The molecule has 3 nitrogen and oxygen atoms in total. The summed E-state index contributed by atoms with van der Waals surface area (Å²) >= 11 is 3.17. The van der Waals surface area contributed by atoms with Crippen LogP contribution < -0.4 is 5.73 Å². The maximum absolute atomic E-state index is 13.7. The number of benzene rings is 1. The zero-order chi connectivity index (χ0) is 14.2. The molecular weight excluding hydrogens is 309 g/mol. The lowest BCUT2D eigenvalue weighted by molar-refractivity contribution is 0.449. The first-order valence-electron chi connectivity index (χ1n) is 6.52. The molecule has 0 aliphatic heterocycles. The molecule has 1 unspecified atom stereocenters. The van der Waals surface area contributed by atoms with Crippen molar-refractivity contribution in [3.8, 4) is 0 Å². The van der Waals surface area contributed by atoms with Crippen LogP contribution in [0.3, 0.4) is 0 Å². The van der Waals surface area contributed by atoms with Crippen LogP contribution in [0.15, 0.2) is 16.6 Å². The molecule has 5 heteroatoms. The summed E-state index contributed by atoms with van der Waals surface area (Å²) in [5.74, 6) is 0.804. The quantitative estimate of drug-likeness (QED) is 0.897. The molecule has 0 radical (unpaired) electrons. The number of hydrogen-bond donors (Lipinski definition) is 1. The van der Waals surface area contributed by atoms with E-state index in [2.05, 4.69) is 41.7 Å². The summed E-state index contributed by atoms with van der Waals surface area (Å²) in [4.78, 5) is 4.31. The van der Waals surface area contributed by atoms with E-state index in [4.69, 9.17) is 5.73 Å². The number of aromatic nitrogens is 2. The van der Waals surface area contributed by atoms with Gasteiger partial charge in [0.05, 0.1) is 15.5 Å². The molecule has 0 saturated carbocycles. The second-order valence-electron chi connectivity index (χ2n) is 5.42. The molecule has 0 spiro atoms. The van der Waals surface area contributed by atoms with E-state index >= 15 is 0 Å². The van der Waals surface area contributed by atoms with E-state index in [1.165, 1.54) is 6.07 Å². The molecule has 0 bridgehead atoms. The van der Waals surface area contributed by atoms with Crippen LogP contribution in [-0.2, 0) is 0 Å². The Hall–Kier alpha value is -1.10. The molecule has 0 saturated heterocycles. The van der Waals surface area contributed by atoms with E-state index in [1.807, 2.05) is 4.57 Å². The molecule has 0 fully saturated rings. The summed E-state index contributed by atoms with van der Waals surface area (Å²) in [5, 5.41) is 0. The third-order valence-electron chi connectivity index (χ3n) is 3.36. The fraction of sp³-hybridized carbons (Fsp3) is 0.500. The van der Waals surface area contributed by atoms with Gasteiger partial charge in [-0.05, 0) is 47.7 Å². The molecular formula is C14H19BrFN3. The molecule has 0 aliphatic rings. The van der Waals surface area contributed by atoms with Gasteiger partial charge in [-0.25, -0.2) is 9.37 Å². The van der Waals surface area contributed by atoms with Crippen molar-refractivity contribution in [1.82, 2.24) is 9.55 Å². The minimum absolute atomic E-state index is 0.216. The predicted molar refractivity (Wildman–Crippen MR) is 80.6 cm³/mol. The molecule has 19 heavy (non-hydrogen) atoms. The molecule has 1 aromatic heterocycles. The molecule has 2 N–H and O–H groups in total. The third kappa shape index (κ3) is 2.91. The second-order valence-corrected chi connectivity index (χ2v) is 6.27. The van der Waals surface area contributed by atoms with Crippen LogP contribution in [0.5, 0.6) is 0 Å². The lowest BCUT2D eigenvalue weighted by Crippen LogP contribution is -2.09. The number of nitrogens with zero attached hydrogens (tertiary/aromatic N) is 2. The summed E-state index contributed by atoms with van der Waals surface area (Å²) in [6, 6.07) is 3.38. The Labute approximate surface area is 121 Å². The van der Waals surface area contributed by atoms with Crippen LogP contribution in [0.25, 0.3) is 11.0 Å². The van der Waals surface area contributed by atoms with Crippen molar-refractivity contribution in [2.24, 2.45) is 5.92 Å². The summed E-state index contributed by atoms with van der Waals surface area (Å²) in [7, 11) is 0. The fourth-order valence-corrected chi connectivity index (χ4v) is 2.61. The van der Waals surface area contributed by atoms with Gasteiger partial charge >= 0.3 is 0 Å². The van der Waals surface area contributed by atoms with Gasteiger partial charge in [-0.2, -0.15) is 0 Å².